The highest BCUT2D eigenvalue weighted by atomic mass is 35.5. The smallest absolute Gasteiger partial charge is 0.328 e. The zero-order chi connectivity index (χ0) is 15.5. The largest absolute Gasteiger partial charge is 0.478 e. The molecule has 0 unspecified atom stereocenters. The molecule has 1 aliphatic heterocycles. The van der Waals surface area contributed by atoms with Gasteiger partial charge in [0.1, 0.15) is 4.90 Å². The van der Waals surface area contributed by atoms with Crippen LogP contribution in [0.3, 0.4) is 0 Å². The van der Waals surface area contributed by atoms with Crippen LogP contribution in [0.2, 0.25) is 5.02 Å². The number of carboxylic acid groups (broad SMARTS) is 1. The number of aliphatic carboxylic acids is 1. The monoisotopic (exact) mass is 347 g/mol. The predicted molar refractivity (Wildman–Crippen MR) is 84.2 cm³/mol. The molecule has 1 saturated heterocycles. The van der Waals surface area contributed by atoms with E-state index in [9.17, 15) is 13.2 Å². The third kappa shape index (κ3) is 4.00. The van der Waals surface area contributed by atoms with Crippen molar-refractivity contribution in [3.05, 3.63) is 34.9 Å². The summed E-state index contributed by atoms with van der Waals surface area (Å²) in [5.74, 6) is 0.473. The van der Waals surface area contributed by atoms with E-state index in [1.54, 1.807) is 11.8 Å². The maximum absolute atomic E-state index is 12.5. The molecule has 1 heterocycles. The SMILES string of the molecule is O=C(O)C=Cc1ccc(S(=O)(=O)N2CCSCC2)c(Cl)c1. The summed E-state index contributed by atoms with van der Waals surface area (Å²) in [5, 5.41) is 8.67. The molecule has 0 radical (unpaired) electrons. The van der Waals surface area contributed by atoms with Gasteiger partial charge >= 0.3 is 5.97 Å². The second kappa shape index (κ2) is 6.83. The van der Waals surface area contributed by atoms with E-state index in [-0.39, 0.29) is 9.92 Å². The number of rotatable bonds is 4. The van der Waals surface area contributed by atoms with Gasteiger partial charge in [-0.25, -0.2) is 13.2 Å². The van der Waals surface area contributed by atoms with Crippen molar-refractivity contribution in [2.75, 3.05) is 24.6 Å². The minimum Gasteiger partial charge on any atom is -0.478 e. The van der Waals surface area contributed by atoms with E-state index >= 15 is 0 Å². The number of halogens is 1. The van der Waals surface area contributed by atoms with Crippen LogP contribution in [0.4, 0.5) is 0 Å². The summed E-state index contributed by atoms with van der Waals surface area (Å²) in [6, 6.07) is 4.41. The van der Waals surface area contributed by atoms with Crippen LogP contribution >= 0.6 is 23.4 Å². The molecule has 0 spiro atoms. The zero-order valence-electron chi connectivity index (χ0n) is 11.0. The molecule has 1 fully saturated rings. The highest BCUT2D eigenvalue weighted by molar-refractivity contribution is 7.99. The third-order valence-electron chi connectivity index (χ3n) is 2.96. The summed E-state index contributed by atoms with van der Waals surface area (Å²) < 4.78 is 26.4. The number of thioether (sulfide) groups is 1. The van der Waals surface area contributed by atoms with Crippen molar-refractivity contribution in [3.8, 4) is 0 Å². The molecule has 0 bridgehead atoms. The summed E-state index contributed by atoms with van der Waals surface area (Å²) in [7, 11) is -3.59. The predicted octanol–water partition coefficient (Wildman–Crippen LogP) is 2.18. The fraction of sp³-hybridized carbons (Fsp3) is 0.308. The van der Waals surface area contributed by atoms with Crippen molar-refractivity contribution < 1.29 is 18.3 Å². The Labute approximate surface area is 132 Å². The summed E-state index contributed by atoms with van der Waals surface area (Å²) in [4.78, 5) is 10.5. The lowest BCUT2D eigenvalue weighted by atomic mass is 10.2. The maximum atomic E-state index is 12.5. The van der Waals surface area contributed by atoms with E-state index in [0.717, 1.165) is 17.6 Å². The average molecular weight is 348 g/mol. The number of carboxylic acids is 1. The van der Waals surface area contributed by atoms with E-state index in [1.807, 2.05) is 0 Å². The standard InChI is InChI=1S/C13H14ClNO4S2/c14-11-9-10(2-4-13(16)17)1-3-12(11)21(18,19)15-5-7-20-8-6-15/h1-4,9H,5-8H2,(H,16,17). The van der Waals surface area contributed by atoms with Gasteiger partial charge in [0.2, 0.25) is 10.0 Å². The molecule has 21 heavy (non-hydrogen) atoms. The Morgan fingerprint density at radius 3 is 2.57 bits per heavy atom. The Kier molecular flexibility index (Phi) is 5.32. The molecule has 5 nitrogen and oxygen atoms in total. The first-order chi connectivity index (χ1) is 9.91. The number of benzene rings is 1. The second-order valence-electron chi connectivity index (χ2n) is 4.38. The molecule has 114 valence electrons. The molecule has 0 aromatic heterocycles. The fourth-order valence-corrected chi connectivity index (χ4v) is 5.03. The van der Waals surface area contributed by atoms with Crippen LogP contribution in [-0.2, 0) is 14.8 Å². The van der Waals surface area contributed by atoms with E-state index < -0.39 is 16.0 Å². The second-order valence-corrected chi connectivity index (χ2v) is 7.92. The lowest BCUT2D eigenvalue weighted by Crippen LogP contribution is -2.37. The Hall–Kier alpha value is -1.02. The van der Waals surface area contributed by atoms with E-state index in [0.29, 0.717) is 18.7 Å². The van der Waals surface area contributed by atoms with Crippen molar-refractivity contribution >= 4 is 45.4 Å². The molecule has 0 atom stereocenters. The number of nitrogens with zero attached hydrogens (tertiary/aromatic N) is 1. The van der Waals surface area contributed by atoms with Gasteiger partial charge in [-0.1, -0.05) is 17.7 Å². The third-order valence-corrected chi connectivity index (χ3v) is 6.29. The van der Waals surface area contributed by atoms with Gasteiger partial charge in [-0.05, 0) is 23.8 Å². The van der Waals surface area contributed by atoms with Gasteiger partial charge in [-0.15, -0.1) is 0 Å². The first-order valence-electron chi connectivity index (χ1n) is 6.20. The summed E-state index contributed by atoms with van der Waals surface area (Å²) in [6.07, 6.45) is 2.34. The van der Waals surface area contributed by atoms with Gasteiger partial charge in [-0.3, -0.25) is 0 Å². The highest BCUT2D eigenvalue weighted by Gasteiger charge is 2.27. The Morgan fingerprint density at radius 2 is 2.00 bits per heavy atom. The van der Waals surface area contributed by atoms with Crippen LogP contribution < -0.4 is 0 Å². The number of carbonyl (C=O) groups is 1. The molecule has 1 aromatic rings. The van der Waals surface area contributed by atoms with Crippen LogP contribution in [0.5, 0.6) is 0 Å². The van der Waals surface area contributed by atoms with Gasteiger partial charge in [0.15, 0.2) is 0 Å². The van der Waals surface area contributed by atoms with Crippen LogP contribution in [0.1, 0.15) is 5.56 Å². The molecule has 2 rings (SSSR count). The van der Waals surface area contributed by atoms with Gasteiger partial charge in [0.25, 0.3) is 0 Å². The van der Waals surface area contributed by atoms with Crippen LogP contribution in [-0.4, -0.2) is 48.4 Å². The summed E-state index contributed by atoms with van der Waals surface area (Å²) in [6.45, 7) is 0.952. The topological polar surface area (TPSA) is 74.7 Å². The summed E-state index contributed by atoms with van der Waals surface area (Å²) >= 11 is 7.78. The lowest BCUT2D eigenvalue weighted by Gasteiger charge is -2.26. The van der Waals surface area contributed by atoms with Gasteiger partial charge in [0, 0.05) is 30.7 Å². The van der Waals surface area contributed by atoms with Crippen LogP contribution in [0.25, 0.3) is 6.08 Å². The van der Waals surface area contributed by atoms with Crippen molar-refractivity contribution in [1.29, 1.82) is 0 Å². The van der Waals surface area contributed by atoms with Crippen molar-refractivity contribution in [1.82, 2.24) is 4.31 Å². The molecule has 1 N–H and O–H groups in total. The van der Waals surface area contributed by atoms with Gasteiger partial charge in [0.05, 0.1) is 5.02 Å². The van der Waals surface area contributed by atoms with Crippen molar-refractivity contribution in [2.45, 2.75) is 4.90 Å². The molecular formula is C13H14ClNO4S2. The molecule has 1 aliphatic rings. The minimum atomic E-state index is -3.59. The van der Waals surface area contributed by atoms with E-state index in [4.69, 9.17) is 16.7 Å². The molecular weight excluding hydrogens is 334 g/mol. The summed E-state index contributed by atoms with van der Waals surface area (Å²) in [5.41, 5.74) is 0.538. The van der Waals surface area contributed by atoms with Gasteiger partial charge < -0.3 is 5.11 Å². The highest BCUT2D eigenvalue weighted by Crippen LogP contribution is 2.27. The van der Waals surface area contributed by atoms with Crippen molar-refractivity contribution in [3.63, 3.8) is 0 Å². The Bertz CT molecular complexity index is 667. The molecule has 0 saturated carbocycles. The van der Waals surface area contributed by atoms with Crippen LogP contribution in [0.15, 0.2) is 29.2 Å². The number of hydrogen-bond acceptors (Lipinski definition) is 4. The Morgan fingerprint density at radius 1 is 1.33 bits per heavy atom. The van der Waals surface area contributed by atoms with Crippen LogP contribution in [0, 0.1) is 0 Å². The minimum absolute atomic E-state index is 0.0588. The lowest BCUT2D eigenvalue weighted by molar-refractivity contribution is -0.131. The van der Waals surface area contributed by atoms with Crippen molar-refractivity contribution in [2.24, 2.45) is 0 Å². The first kappa shape index (κ1) is 16.4. The normalized spacial score (nSPS) is 17.2. The molecule has 0 amide bonds. The quantitative estimate of drug-likeness (QED) is 0.845. The van der Waals surface area contributed by atoms with Gasteiger partial charge in [-0.2, -0.15) is 16.1 Å². The van der Waals surface area contributed by atoms with E-state index in [2.05, 4.69) is 0 Å². The average Bonchev–Trinajstić information content (AvgIpc) is 2.46. The first-order valence-corrected chi connectivity index (χ1v) is 9.17. The number of hydrogen-bond donors (Lipinski definition) is 1. The zero-order valence-corrected chi connectivity index (χ0v) is 13.4. The molecule has 8 heteroatoms. The van der Waals surface area contributed by atoms with E-state index in [1.165, 1.54) is 28.6 Å². The molecule has 1 aromatic carbocycles. The maximum Gasteiger partial charge on any atom is 0.328 e. The Balaban J connectivity index is 2.29. The molecule has 0 aliphatic carbocycles. The number of sulfonamides is 1. The fourth-order valence-electron chi connectivity index (χ4n) is 1.92.